The van der Waals surface area contributed by atoms with E-state index >= 15 is 0 Å². The molecule has 0 radical (unpaired) electrons. The fourth-order valence-electron chi connectivity index (χ4n) is 1.36. The van der Waals surface area contributed by atoms with E-state index in [2.05, 4.69) is 4.98 Å². The van der Waals surface area contributed by atoms with Gasteiger partial charge in [-0.25, -0.2) is 9.78 Å². The van der Waals surface area contributed by atoms with Crippen LogP contribution >= 0.6 is 11.3 Å². The Balaban J connectivity index is 2.19. The first-order valence-electron chi connectivity index (χ1n) is 4.41. The zero-order chi connectivity index (χ0) is 11.7. The maximum Gasteiger partial charge on any atom is 0.345 e. The average Bonchev–Trinajstić information content (AvgIpc) is 2.83. The highest BCUT2D eigenvalue weighted by molar-refractivity contribution is 7.18. The van der Waals surface area contributed by atoms with Gasteiger partial charge in [-0.15, -0.1) is 0 Å². The maximum atomic E-state index is 11.6. The van der Waals surface area contributed by atoms with Crippen LogP contribution in [-0.4, -0.2) is 45.8 Å². The second-order valence-electron chi connectivity index (χ2n) is 3.08. The van der Waals surface area contributed by atoms with Crippen LogP contribution in [0.3, 0.4) is 0 Å². The van der Waals surface area contributed by atoms with E-state index in [0.29, 0.717) is 13.1 Å². The van der Waals surface area contributed by atoms with E-state index in [4.69, 9.17) is 5.11 Å². The molecule has 2 heterocycles. The SMILES string of the molecule is O=C1N(CO)CCN1c1ncc([N+](=O)[O-])s1. The topological polar surface area (TPSA) is 99.8 Å². The Labute approximate surface area is 93.9 Å². The fraction of sp³-hybridized carbons (Fsp3) is 0.429. The van der Waals surface area contributed by atoms with E-state index in [9.17, 15) is 14.9 Å². The van der Waals surface area contributed by atoms with E-state index in [0.717, 1.165) is 17.5 Å². The molecule has 0 bridgehead atoms. The number of anilines is 1. The summed E-state index contributed by atoms with van der Waals surface area (Å²) >= 11 is 0.841. The number of aromatic nitrogens is 1. The zero-order valence-electron chi connectivity index (χ0n) is 8.07. The molecule has 8 nitrogen and oxygen atoms in total. The number of nitrogens with zero attached hydrogens (tertiary/aromatic N) is 4. The lowest BCUT2D eigenvalue weighted by Gasteiger charge is -2.13. The summed E-state index contributed by atoms with van der Waals surface area (Å²) in [7, 11) is 0. The monoisotopic (exact) mass is 244 g/mol. The van der Waals surface area contributed by atoms with Crippen molar-refractivity contribution in [2.75, 3.05) is 24.7 Å². The Hall–Kier alpha value is -1.74. The van der Waals surface area contributed by atoms with Gasteiger partial charge in [-0.3, -0.25) is 19.9 Å². The normalized spacial score (nSPS) is 15.9. The Bertz CT molecular complexity index is 434. The molecule has 1 aromatic rings. The lowest BCUT2D eigenvalue weighted by molar-refractivity contribution is -0.380. The first kappa shape index (κ1) is 10.8. The van der Waals surface area contributed by atoms with Gasteiger partial charge in [-0.05, 0) is 11.3 Å². The molecule has 1 N–H and O–H groups in total. The number of urea groups is 1. The van der Waals surface area contributed by atoms with Crippen molar-refractivity contribution in [3.63, 3.8) is 0 Å². The Morgan fingerprint density at radius 1 is 1.62 bits per heavy atom. The molecule has 2 amide bonds. The molecule has 1 fully saturated rings. The highest BCUT2D eigenvalue weighted by Gasteiger charge is 2.31. The predicted octanol–water partition coefficient (Wildman–Crippen LogP) is 0.243. The molecule has 1 aliphatic heterocycles. The molecule has 86 valence electrons. The molecule has 0 unspecified atom stereocenters. The van der Waals surface area contributed by atoms with Crippen LogP contribution in [-0.2, 0) is 0 Å². The molecule has 9 heteroatoms. The third kappa shape index (κ3) is 1.70. The maximum absolute atomic E-state index is 11.6. The number of thiazole rings is 1. The van der Waals surface area contributed by atoms with Crippen molar-refractivity contribution in [2.45, 2.75) is 0 Å². The molecule has 0 atom stereocenters. The van der Waals surface area contributed by atoms with Crippen molar-refractivity contribution in [2.24, 2.45) is 0 Å². The van der Waals surface area contributed by atoms with E-state index in [1.807, 2.05) is 0 Å². The molecular formula is C7H8N4O4S. The number of aliphatic hydroxyl groups excluding tert-OH is 1. The minimum atomic E-state index is -0.550. The number of carbonyl (C=O) groups excluding carboxylic acids is 1. The third-order valence-electron chi connectivity index (χ3n) is 2.16. The van der Waals surface area contributed by atoms with Gasteiger partial charge in [0.15, 0.2) is 5.13 Å². The summed E-state index contributed by atoms with van der Waals surface area (Å²) < 4.78 is 0. The predicted molar refractivity (Wildman–Crippen MR) is 55.3 cm³/mol. The highest BCUT2D eigenvalue weighted by Crippen LogP contribution is 2.30. The van der Waals surface area contributed by atoms with Gasteiger partial charge >= 0.3 is 11.0 Å². The first-order valence-corrected chi connectivity index (χ1v) is 5.22. The van der Waals surface area contributed by atoms with Crippen LogP contribution in [0.1, 0.15) is 0 Å². The second kappa shape index (κ2) is 4.02. The number of amides is 2. The molecule has 1 aliphatic rings. The summed E-state index contributed by atoms with van der Waals surface area (Å²) in [6, 6.07) is -0.383. The summed E-state index contributed by atoms with van der Waals surface area (Å²) in [4.78, 5) is 27.9. The van der Waals surface area contributed by atoms with Gasteiger partial charge in [0.2, 0.25) is 0 Å². The Morgan fingerprint density at radius 3 is 2.88 bits per heavy atom. The number of rotatable bonds is 3. The molecule has 1 saturated heterocycles. The Morgan fingerprint density at radius 2 is 2.38 bits per heavy atom. The molecule has 0 saturated carbocycles. The number of hydrogen-bond donors (Lipinski definition) is 1. The minimum Gasteiger partial charge on any atom is -0.376 e. The van der Waals surface area contributed by atoms with E-state index in [1.54, 1.807) is 0 Å². The molecule has 0 aliphatic carbocycles. The largest absolute Gasteiger partial charge is 0.376 e. The van der Waals surface area contributed by atoms with Crippen molar-refractivity contribution in [3.05, 3.63) is 16.3 Å². The van der Waals surface area contributed by atoms with Crippen LogP contribution in [0.5, 0.6) is 0 Å². The van der Waals surface area contributed by atoms with Crippen molar-refractivity contribution in [1.82, 2.24) is 9.88 Å². The lowest BCUT2D eigenvalue weighted by Crippen LogP contribution is -2.32. The molecule has 1 aromatic heterocycles. The minimum absolute atomic E-state index is 0.106. The van der Waals surface area contributed by atoms with Crippen LogP contribution in [0.15, 0.2) is 6.20 Å². The van der Waals surface area contributed by atoms with Crippen LogP contribution in [0, 0.1) is 10.1 Å². The molecular weight excluding hydrogens is 236 g/mol. The van der Waals surface area contributed by atoms with Crippen molar-refractivity contribution in [3.8, 4) is 0 Å². The summed E-state index contributed by atoms with van der Waals surface area (Å²) in [6.07, 6.45) is 1.12. The molecule has 0 spiro atoms. The lowest BCUT2D eigenvalue weighted by atomic mass is 10.6. The second-order valence-corrected chi connectivity index (χ2v) is 4.06. The highest BCUT2D eigenvalue weighted by atomic mass is 32.1. The van der Waals surface area contributed by atoms with Gasteiger partial charge in [0.25, 0.3) is 0 Å². The third-order valence-corrected chi connectivity index (χ3v) is 3.13. The standard InChI is InChI=1S/C7H8N4O4S/c12-4-9-1-2-10(7(9)13)6-8-3-5(16-6)11(14)15/h3,12H,1-2,4H2. The van der Waals surface area contributed by atoms with Gasteiger partial charge in [0, 0.05) is 13.1 Å². The van der Waals surface area contributed by atoms with Gasteiger partial charge < -0.3 is 5.11 Å². The summed E-state index contributed by atoms with van der Waals surface area (Å²) in [6.45, 7) is 0.412. The number of nitro groups is 1. The van der Waals surface area contributed by atoms with Crippen molar-refractivity contribution < 1.29 is 14.8 Å². The number of carbonyl (C=O) groups is 1. The summed E-state index contributed by atoms with van der Waals surface area (Å²) in [5.74, 6) is 0. The van der Waals surface area contributed by atoms with Crippen LogP contribution < -0.4 is 4.90 Å². The average molecular weight is 244 g/mol. The van der Waals surface area contributed by atoms with E-state index < -0.39 is 4.92 Å². The zero-order valence-corrected chi connectivity index (χ0v) is 8.88. The van der Waals surface area contributed by atoms with Gasteiger partial charge in [-0.2, -0.15) is 0 Å². The van der Waals surface area contributed by atoms with Crippen LogP contribution in [0.25, 0.3) is 0 Å². The molecule has 16 heavy (non-hydrogen) atoms. The number of aliphatic hydroxyl groups is 1. The Kier molecular flexibility index (Phi) is 2.71. The van der Waals surface area contributed by atoms with Crippen molar-refractivity contribution >= 4 is 27.5 Å². The summed E-state index contributed by atoms with van der Waals surface area (Å²) in [5, 5.41) is 19.5. The smallest absolute Gasteiger partial charge is 0.345 e. The van der Waals surface area contributed by atoms with E-state index in [-0.39, 0.29) is 22.9 Å². The van der Waals surface area contributed by atoms with Gasteiger partial charge in [0.05, 0.1) is 4.92 Å². The van der Waals surface area contributed by atoms with Crippen molar-refractivity contribution in [1.29, 1.82) is 0 Å². The fourth-order valence-corrected chi connectivity index (χ4v) is 2.11. The van der Waals surface area contributed by atoms with E-state index in [1.165, 1.54) is 9.80 Å². The number of hydrogen-bond acceptors (Lipinski definition) is 6. The van der Waals surface area contributed by atoms with Gasteiger partial charge in [-0.1, -0.05) is 0 Å². The quantitative estimate of drug-likeness (QED) is 0.606. The van der Waals surface area contributed by atoms with Crippen LogP contribution in [0.2, 0.25) is 0 Å². The molecule has 2 rings (SSSR count). The van der Waals surface area contributed by atoms with Gasteiger partial charge in [0.1, 0.15) is 12.9 Å². The molecule has 0 aromatic carbocycles. The first-order chi connectivity index (χ1) is 7.63. The summed E-state index contributed by atoms with van der Waals surface area (Å²) in [5.41, 5.74) is 0. The van der Waals surface area contributed by atoms with Crippen LogP contribution in [0.4, 0.5) is 14.9 Å².